The van der Waals surface area contributed by atoms with E-state index in [4.69, 9.17) is 4.98 Å². The molecule has 28 heavy (non-hydrogen) atoms. The van der Waals surface area contributed by atoms with Gasteiger partial charge >= 0.3 is 0 Å². The van der Waals surface area contributed by atoms with Gasteiger partial charge in [0, 0.05) is 32.5 Å². The third-order valence-corrected chi connectivity index (χ3v) is 5.85. The summed E-state index contributed by atoms with van der Waals surface area (Å²) >= 11 is 0. The van der Waals surface area contributed by atoms with Gasteiger partial charge in [-0.25, -0.2) is 9.97 Å². The molecule has 5 rings (SSSR count). The van der Waals surface area contributed by atoms with Crippen molar-refractivity contribution in [2.75, 3.05) is 11.4 Å². The van der Waals surface area contributed by atoms with Gasteiger partial charge in [0.05, 0.1) is 16.9 Å². The van der Waals surface area contributed by atoms with E-state index < -0.39 is 0 Å². The number of nitrogens with zero attached hydrogens (tertiary/aromatic N) is 5. The van der Waals surface area contributed by atoms with Gasteiger partial charge in [0.2, 0.25) is 0 Å². The maximum atomic E-state index is 13.3. The fourth-order valence-corrected chi connectivity index (χ4v) is 4.14. The Kier molecular flexibility index (Phi) is 4.03. The smallest absolute Gasteiger partial charge is 0.293 e. The van der Waals surface area contributed by atoms with Gasteiger partial charge in [-0.1, -0.05) is 12.1 Å². The Balaban J connectivity index is 1.67. The van der Waals surface area contributed by atoms with Gasteiger partial charge in [0.25, 0.3) is 11.1 Å². The Labute approximate surface area is 162 Å². The van der Waals surface area contributed by atoms with Gasteiger partial charge in [0.1, 0.15) is 5.82 Å². The zero-order valence-corrected chi connectivity index (χ0v) is 15.9. The lowest BCUT2D eigenvalue weighted by Crippen LogP contribution is -2.36. The molecule has 144 valence electrons. The third-order valence-electron chi connectivity index (χ3n) is 5.85. The van der Waals surface area contributed by atoms with Crippen molar-refractivity contribution in [1.82, 2.24) is 19.1 Å². The van der Waals surface area contributed by atoms with E-state index in [2.05, 4.69) is 4.98 Å². The van der Waals surface area contributed by atoms with E-state index in [0.717, 1.165) is 43.6 Å². The lowest BCUT2D eigenvalue weighted by Gasteiger charge is -2.27. The molecule has 0 radical (unpaired) electrons. The molecule has 3 aromatic rings. The fourth-order valence-electron chi connectivity index (χ4n) is 4.14. The topological polar surface area (TPSA) is 73.0 Å². The number of rotatable bonds is 4. The molecule has 1 aliphatic heterocycles. The molecular formula is C21H23N5O2. The summed E-state index contributed by atoms with van der Waals surface area (Å²) in [6.45, 7) is 1.44. The van der Waals surface area contributed by atoms with Crippen molar-refractivity contribution in [3.63, 3.8) is 0 Å². The Morgan fingerprint density at radius 3 is 2.75 bits per heavy atom. The number of anilines is 1. The van der Waals surface area contributed by atoms with Crippen LogP contribution in [0.15, 0.2) is 46.2 Å². The molecule has 0 spiro atoms. The van der Waals surface area contributed by atoms with Crippen molar-refractivity contribution in [2.24, 2.45) is 13.0 Å². The molecule has 2 fully saturated rings. The molecule has 1 atom stereocenters. The van der Waals surface area contributed by atoms with Crippen LogP contribution in [0.4, 0.5) is 5.82 Å². The second kappa shape index (κ2) is 6.58. The molecule has 0 bridgehead atoms. The van der Waals surface area contributed by atoms with Crippen LogP contribution in [0.1, 0.15) is 37.5 Å². The van der Waals surface area contributed by atoms with Gasteiger partial charge in [-0.3, -0.25) is 14.2 Å². The number of aromatic nitrogens is 4. The van der Waals surface area contributed by atoms with Crippen molar-refractivity contribution in [3.8, 4) is 0 Å². The number of hydrogen-bond donors (Lipinski definition) is 0. The van der Waals surface area contributed by atoms with E-state index in [1.54, 1.807) is 24.0 Å². The maximum Gasteiger partial charge on any atom is 0.293 e. The standard InChI is InChI=1S/C21H23N5O2/c1-24-12-10-22-19(21(24)28)25-11-4-7-17(25)18-23-16-6-3-2-5-15(16)20(27)26(18)13-14-8-9-14/h2-3,5-6,10,12,14,17H,4,7-9,11,13H2,1H3. The molecule has 1 aromatic carbocycles. The largest absolute Gasteiger partial charge is 0.342 e. The quantitative estimate of drug-likeness (QED) is 0.697. The summed E-state index contributed by atoms with van der Waals surface area (Å²) in [5.74, 6) is 1.76. The molecule has 3 heterocycles. The van der Waals surface area contributed by atoms with E-state index in [-0.39, 0.29) is 17.2 Å². The van der Waals surface area contributed by atoms with Crippen LogP contribution in [0.5, 0.6) is 0 Å². The van der Waals surface area contributed by atoms with Crippen LogP contribution >= 0.6 is 0 Å². The van der Waals surface area contributed by atoms with Crippen LogP contribution in [0, 0.1) is 5.92 Å². The van der Waals surface area contributed by atoms with Crippen LogP contribution in [0.2, 0.25) is 0 Å². The zero-order valence-electron chi connectivity index (χ0n) is 15.9. The highest BCUT2D eigenvalue weighted by Crippen LogP contribution is 2.35. The molecule has 0 amide bonds. The molecule has 7 nitrogen and oxygen atoms in total. The summed E-state index contributed by atoms with van der Waals surface area (Å²) in [5.41, 5.74) is 0.620. The van der Waals surface area contributed by atoms with Gasteiger partial charge in [-0.2, -0.15) is 0 Å². The number of para-hydroxylation sites is 1. The van der Waals surface area contributed by atoms with Crippen LogP contribution < -0.4 is 16.0 Å². The Morgan fingerprint density at radius 1 is 1.11 bits per heavy atom. The van der Waals surface area contributed by atoms with Crippen molar-refractivity contribution in [3.05, 3.63) is 63.2 Å². The predicted molar refractivity (Wildman–Crippen MR) is 108 cm³/mol. The summed E-state index contributed by atoms with van der Waals surface area (Å²) in [7, 11) is 1.73. The van der Waals surface area contributed by atoms with Gasteiger partial charge in [0.15, 0.2) is 5.82 Å². The molecule has 1 saturated carbocycles. The van der Waals surface area contributed by atoms with Crippen molar-refractivity contribution in [1.29, 1.82) is 0 Å². The molecule has 0 N–H and O–H groups in total. The first-order valence-electron chi connectivity index (χ1n) is 9.91. The van der Waals surface area contributed by atoms with Gasteiger partial charge < -0.3 is 9.47 Å². The lowest BCUT2D eigenvalue weighted by atomic mass is 10.1. The van der Waals surface area contributed by atoms with E-state index in [1.807, 2.05) is 33.7 Å². The Hall–Kier alpha value is -2.96. The summed E-state index contributed by atoms with van der Waals surface area (Å²) < 4.78 is 3.40. The highest BCUT2D eigenvalue weighted by molar-refractivity contribution is 5.77. The Bertz CT molecular complexity index is 1160. The summed E-state index contributed by atoms with van der Waals surface area (Å²) in [6.07, 6.45) is 7.43. The minimum atomic E-state index is -0.119. The lowest BCUT2D eigenvalue weighted by molar-refractivity contribution is 0.525. The van der Waals surface area contributed by atoms with E-state index in [9.17, 15) is 9.59 Å². The average molecular weight is 377 g/mol. The predicted octanol–water partition coefficient (Wildman–Crippen LogP) is 2.24. The molecule has 2 aliphatic rings. The number of benzene rings is 1. The molecule has 7 heteroatoms. The van der Waals surface area contributed by atoms with Crippen LogP contribution in [0.25, 0.3) is 10.9 Å². The molecular weight excluding hydrogens is 354 g/mol. The van der Waals surface area contributed by atoms with Crippen molar-refractivity contribution in [2.45, 2.75) is 38.3 Å². The normalized spacial score (nSPS) is 19.5. The number of aryl methyl sites for hydroxylation is 1. The van der Waals surface area contributed by atoms with E-state index in [1.165, 1.54) is 0 Å². The van der Waals surface area contributed by atoms with E-state index in [0.29, 0.717) is 23.7 Å². The maximum absolute atomic E-state index is 13.3. The first kappa shape index (κ1) is 17.2. The summed E-state index contributed by atoms with van der Waals surface area (Å²) in [4.78, 5) is 37.2. The summed E-state index contributed by atoms with van der Waals surface area (Å²) in [5, 5.41) is 0.658. The van der Waals surface area contributed by atoms with Crippen LogP contribution in [-0.4, -0.2) is 25.6 Å². The van der Waals surface area contributed by atoms with E-state index >= 15 is 0 Å². The second-order valence-corrected chi connectivity index (χ2v) is 7.86. The van der Waals surface area contributed by atoms with Gasteiger partial charge in [-0.15, -0.1) is 0 Å². The van der Waals surface area contributed by atoms with Crippen molar-refractivity contribution >= 4 is 16.7 Å². The first-order chi connectivity index (χ1) is 13.6. The molecule has 2 aromatic heterocycles. The minimum absolute atomic E-state index is 0.0215. The fraction of sp³-hybridized carbons (Fsp3) is 0.429. The van der Waals surface area contributed by atoms with Crippen molar-refractivity contribution < 1.29 is 0 Å². The Morgan fingerprint density at radius 2 is 1.93 bits per heavy atom. The number of hydrogen-bond acceptors (Lipinski definition) is 5. The minimum Gasteiger partial charge on any atom is -0.342 e. The SMILES string of the molecule is Cn1ccnc(N2CCCC2c2nc3ccccc3c(=O)n2CC2CC2)c1=O. The third kappa shape index (κ3) is 2.82. The molecule has 1 unspecified atom stereocenters. The highest BCUT2D eigenvalue weighted by Gasteiger charge is 2.34. The second-order valence-electron chi connectivity index (χ2n) is 7.86. The average Bonchev–Trinajstić information content (AvgIpc) is 3.40. The van der Waals surface area contributed by atoms with Crippen LogP contribution in [-0.2, 0) is 13.6 Å². The zero-order chi connectivity index (χ0) is 19.3. The first-order valence-corrected chi connectivity index (χ1v) is 9.91. The highest BCUT2D eigenvalue weighted by atomic mass is 16.1. The van der Waals surface area contributed by atoms with Crippen LogP contribution in [0.3, 0.4) is 0 Å². The number of fused-ring (bicyclic) bond motifs is 1. The summed E-state index contributed by atoms with van der Waals surface area (Å²) in [6, 6.07) is 7.41. The molecule has 1 saturated heterocycles. The monoisotopic (exact) mass is 377 g/mol. The van der Waals surface area contributed by atoms with Gasteiger partial charge in [-0.05, 0) is 43.7 Å². The molecule has 1 aliphatic carbocycles.